The summed E-state index contributed by atoms with van der Waals surface area (Å²) in [5.41, 5.74) is 3.44. The van der Waals surface area contributed by atoms with E-state index in [1.807, 2.05) is 20.8 Å². The molecule has 1 unspecified atom stereocenters. The van der Waals surface area contributed by atoms with Crippen LogP contribution in [-0.2, 0) is 4.79 Å². The van der Waals surface area contributed by atoms with Gasteiger partial charge in [0.05, 0.1) is 30.0 Å². The van der Waals surface area contributed by atoms with E-state index in [-0.39, 0.29) is 10.9 Å². The number of hydrogen-bond donors (Lipinski definition) is 2. The maximum Gasteiger partial charge on any atom is 0.262 e. The number of nitrogens with zero attached hydrogens (tertiary/aromatic N) is 1. The first-order chi connectivity index (χ1) is 15.3. The van der Waals surface area contributed by atoms with Crippen LogP contribution in [0.1, 0.15) is 43.1 Å². The fourth-order valence-electron chi connectivity index (χ4n) is 2.79. The zero-order valence-corrected chi connectivity index (χ0v) is 20.0. The van der Waals surface area contributed by atoms with Crippen molar-refractivity contribution < 1.29 is 19.1 Å². The first kappa shape index (κ1) is 25.5. The number of ether oxygens (including phenoxy) is 2. The molecule has 7 nitrogen and oxygen atoms in total. The molecule has 0 fully saturated rings. The van der Waals surface area contributed by atoms with Gasteiger partial charge in [-0.3, -0.25) is 9.59 Å². The number of benzene rings is 2. The van der Waals surface area contributed by atoms with E-state index < -0.39 is 17.9 Å². The third-order valence-corrected chi connectivity index (χ3v) is 5.21. The molecule has 2 amide bonds. The molecule has 0 bridgehead atoms. The predicted octanol–water partition coefficient (Wildman–Crippen LogP) is 4.70. The van der Waals surface area contributed by atoms with Crippen LogP contribution in [0, 0.1) is 5.92 Å². The highest BCUT2D eigenvalue weighted by Gasteiger charge is 2.25. The van der Waals surface area contributed by atoms with Crippen LogP contribution >= 0.6 is 23.2 Å². The van der Waals surface area contributed by atoms with Crippen molar-refractivity contribution in [2.45, 2.75) is 33.2 Å². The van der Waals surface area contributed by atoms with Crippen LogP contribution in [0.15, 0.2) is 41.5 Å². The van der Waals surface area contributed by atoms with Gasteiger partial charge in [-0.15, -0.1) is 0 Å². The Morgan fingerprint density at radius 3 is 2.53 bits per heavy atom. The Labute approximate surface area is 198 Å². The second kappa shape index (κ2) is 12.3. The SMILES string of the molecule is CCCOc1c(/C=N\NC(=O)C(NC(=O)c2ccc(Cl)c(Cl)c2)C(C)C)cccc1OC. The number of carbonyl (C=O) groups is 2. The molecule has 0 saturated heterocycles. The number of nitrogens with one attached hydrogen (secondary N) is 2. The molecule has 9 heteroatoms. The first-order valence-corrected chi connectivity index (χ1v) is 10.9. The minimum absolute atomic E-state index is 0.183. The minimum atomic E-state index is -0.810. The van der Waals surface area contributed by atoms with Gasteiger partial charge in [-0.1, -0.05) is 50.0 Å². The number of hydrazone groups is 1. The number of hydrogen-bond acceptors (Lipinski definition) is 5. The monoisotopic (exact) mass is 479 g/mol. The molecule has 0 heterocycles. The fourth-order valence-corrected chi connectivity index (χ4v) is 3.08. The highest BCUT2D eigenvalue weighted by molar-refractivity contribution is 6.42. The number of rotatable bonds is 10. The van der Waals surface area contributed by atoms with E-state index >= 15 is 0 Å². The Kier molecular flexibility index (Phi) is 9.81. The lowest BCUT2D eigenvalue weighted by Gasteiger charge is -2.20. The van der Waals surface area contributed by atoms with Gasteiger partial charge in [-0.2, -0.15) is 5.10 Å². The third-order valence-electron chi connectivity index (χ3n) is 4.48. The molecule has 0 aromatic heterocycles. The van der Waals surface area contributed by atoms with Crippen LogP contribution in [0.25, 0.3) is 0 Å². The van der Waals surface area contributed by atoms with E-state index in [4.69, 9.17) is 32.7 Å². The zero-order chi connectivity index (χ0) is 23.7. The molecule has 1 atom stereocenters. The van der Waals surface area contributed by atoms with Gasteiger partial charge in [0.15, 0.2) is 11.5 Å². The molecule has 0 aliphatic rings. The highest BCUT2D eigenvalue weighted by atomic mass is 35.5. The number of amides is 2. The number of carbonyl (C=O) groups excluding carboxylic acids is 2. The summed E-state index contributed by atoms with van der Waals surface area (Å²) in [6.07, 6.45) is 2.31. The van der Waals surface area contributed by atoms with E-state index in [9.17, 15) is 9.59 Å². The zero-order valence-electron chi connectivity index (χ0n) is 18.4. The Balaban J connectivity index is 2.11. The molecule has 0 spiro atoms. The summed E-state index contributed by atoms with van der Waals surface area (Å²) in [7, 11) is 1.56. The maximum atomic E-state index is 12.7. The number of para-hydroxylation sites is 1. The second-order valence-electron chi connectivity index (χ2n) is 7.29. The number of methoxy groups -OCH3 is 1. The molecule has 2 rings (SSSR count). The third kappa shape index (κ3) is 6.87. The number of halogens is 2. The minimum Gasteiger partial charge on any atom is -0.493 e. The van der Waals surface area contributed by atoms with Crippen molar-refractivity contribution in [3.05, 3.63) is 57.6 Å². The summed E-state index contributed by atoms with van der Waals surface area (Å²) >= 11 is 11.9. The van der Waals surface area contributed by atoms with Crippen LogP contribution < -0.4 is 20.2 Å². The van der Waals surface area contributed by atoms with Gasteiger partial charge in [-0.25, -0.2) is 5.43 Å². The van der Waals surface area contributed by atoms with Gasteiger partial charge in [-0.05, 0) is 42.7 Å². The van der Waals surface area contributed by atoms with E-state index in [2.05, 4.69) is 15.8 Å². The largest absolute Gasteiger partial charge is 0.493 e. The molecule has 32 heavy (non-hydrogen) atoms. The van der Waals surface area contributed by atoms with Crippen molar-refractivity contribution in [1.29, 1.82) is 0 Å². The summed E-state index contributed by atoms with van der Waals surface area (Å²) < 4.78 is 11.1. The van der Waals surface area contributed by atoms with E-state index in [0.717, 1.165) is 6.42 Å². The summed E-state index contributed by atoms with van der Waals surface area (Å²) in [4.78, 5) is 25.3. The topological polar surface area (TPSA) is 89.0 Å². The Morgan fingerprint density at radius 1 is 1.16 bits per heavy atom. The Morgan fingerprint density at radius 2 is 1.91 bits per heavy atom. The Bertz CT molecular complexity index is 980. The molecule has 0 aliphatic heterocycles. The Hall–Kier alpha value is -2.77. The second-order valence-corrected chi connectivity index (χ2v) is 8.10. The van der Waals surface area contributed by atoms with Crippen LogP contribution in [0.3, 0.4) is 0 Å². The molecule has 0 radical (unpaired) electrons. The van der Waals surface area contributed by atoms with Crippen LogP contribution in [0.2, 0.25) is 10.0 Å². The van der Waals surface area contributed by atoms with Gasteiger partial charge in [0, 0.05) is 11.1 Å². The lowest BCUT2D eigenvalue weighted by Crippen LogP contribution is -2.48. The van der Waals surface area contributed by atoms with Gasteiger partial charge >= 0.3 is 0 Å². The fraction of sp³-hybridized carbons (Fsp3) is 0.348. The van der Waals surface area contributed by atoms with Crippen molar-refractivity contribution in [3.8, 4) is 11.5 Å². The van der Waals surface area contributed by atoms with E-state index in [1.165, 1.54) is 24.4 Å². The van der Waals surface area contributed by atoms with Gasteiger partial charge in [0.2, 0.25) is 0 Å². The maximum absolute atomic E-state index is 12.7. The van der Waals surface area contributed by atoms with Crippen molar-refractivity contribution >= 4 is 41.2 Å². The molecular formula is C23H27Cl2N3O4. The average Bonchev–Trinajstić information content (AvgIpc) is 2.77. The first-order valence-electron chi connectivity index (χ1n) is 10.2. The van der Waals surface area contributed by atoms with E-state index in [0.29, 0.717) is 34.3 Å². The lowest BCUT2D eigenvalue weighted by molar-refractivity contribution is -0.123. The van der Waals surface area contributed by atoms with Crippen molar-refractivity contribution in [1.82, 2.24) is 10.7 Å². The normalized spacial score (nSPS) is 12.0. The summed E-state index contributed by atoms with van der Waals surface area (Å²) in [5.74, 6) is 0.0380. The van der Waals surface area contributed by atoms with Crippen molar-refractivity contribution in [2.24, 2.45) is 11.0 Å². The summed E-state index contributed by atoms with van der Waals surface area (Å²) in [6, 6.07) is 9.10. The van der Waals surface area contributed by atoms with Crippen molar-refractivity contribution in [3.63, 3.8) is 0 Å². The standard InChI is InChI=1S/C23H27Cl2N3O4/c1-5-11-32-21-16(7-6-8-19(21)31-4)13-26-28-23(30)20(14(2)3)27-22(29)15-9-10-17(24)18(25)12-15/h6-10,12-14,20H,5,11H2,1-4H3,(H,27,29)(H,28,30)/b26-13-. The van der Waals surface area contributed by atoms with Crippen molar-refractivity contribution in [2.75, 3.05) is 13.7 Å². The molecule has 172 valence electrons. The quantitative estimate of drug-likeness (QED) is 0.381. The molecular weight excluding hydrogens is 453 g/mol. The molecule has 0 saturated carbocycles. The van der Waals surface area contributed by atoms with Crippen LogP contribution in [0.5, 0.6) is 11.5 Å². The lowest BCUT2D eigenvalue weighted by atomic mass is 10.0. The van der Waals surface area contributed by atoms with Crippen LogP contribution in [-0.4, -0.2) is 37.8 Å². The highest BCUT2D eigenvalue weighted by Crippen LogP contribution is 2.30. The summed E-state index contributed by atoms with van der Waals surface area (Å²) in [6.45, 7) is 6.16. The molecule has 0 aliphatic carbocycles. The van der Waals surface area contributed by atoms with Crippen LogP contribution in [0.4, 0.5) is 0 Å². The summed E-state index contributed by atoms with van der Waals surface area (Å²) in [5, 5.41) is 7.36. The van der Waals surface area contributed by atoms with Gasteiger partial charge in [0.25, 0.3) is 11.8 Å². The predicted molar refractivity (Wildman–Crippen MR) is 127 cm³/mol. The van der Waals surface area contributed by atoms with Gasteiger partial charge in [0.1, 0.15) is 6.04 Å². The smallest absolute Gasteiger partial charge is 0.262 e. The average molecular weight is 480 g/mol. The molecule has 2 N–H and O–H groups in total. The van der Waals surface area contributed by atoms with E-state index in [1.54, 1.807) is 25.3 Å². The van der Waals surface area contributed by atoms with Gasteiger partial charge < -0.3 is 14.8 Å². The molecule has 2 aromatic rings. The molecule has 2 aromatic carbocycles.